The monoisotopic (exact) mass is 370 g/mol. The number of hydrogen-bond acceptors (Lipinski definition) is 5. The van der Waals surface area contributed by atoms with Crippen LogP contribution in [0, 0.1) is 5.92 Å². The summed E-state index contributed by atoms with van der Waals surface area (Å²) in [4.78, 5) is 23.6. The van der Waals surface area contributed by atoms with Crippen LogP contribution in [0.25, 0.3) is 11.4 Å². The van der Waals surface area contributed by atoms with E-state index in [-0.39, 0.29) is 5.56 Å². The Morgan fingerprint density at radius 1 is 1.30 bits per heavy atom. The average molecular weight is 370 g/mol. The molecule has 2 N–H and O–H groups in total. The molecular formula is C21H30N4O2. The number of ether oxygens (including phenoxy) is 1. The molecule has 0 saturated carbocycles. The number of H-pyrrole nitrogens is 1. The van der Waals surface area contributed by atoms with Crippen LogP contribution in [0.4, 0.5) is 5.82 Å². The standard InChI is InChI=1S/C21H30N4O2/c1-4-14(5-2)18-11-17(9-10-27-18)23-19-8-7-15(13-22-19)21-24-16(6-3)12-20(26)25-21/h7-8,12-14,17-18H,4-6,9-11H2,1-3H3,(H,22,23)(H,24,25,26). The Labute approximate surface area is 160 Å². The van der Waals surface area contributed by atoms with E-state index in [1.54, 1.807) is 6.20 Å². The fraction of sp³-hybridized carbons (Fsp3) is 0.571. The first-order valence-corrected chi connectivity index (χ1v) is 10.1. The number of anilines is 1. The maximum atomic E-state index is 11.8. The second-order valence-corrected chi connectivity index (χ2v) is 7.22. The minimum absolute atomic E-state index is 0.131. The highest BCUT2D eigenvalue weighted by Crippen LogP contribution is 2.27. The third kappa shape index (κ3) is 4.95. The molecule has 6 heteroatoms. The van der Waals surface area contributed by atoms with Gasteiger partial charge in [-0.1, -0.05) is 33.6 Å². The van der Waals surface area contributed by atoms with Crippen LogP contribution in [0.1, 0.15) is 52.1 Å². The summed E-state index contributed by atoms with van der Waals surface area (Å²) >= 11 is 0. The van der Waals surface area contributed by atoms with Crippen LogP contribution in [0.5, 0.6) is 0 Å². The Morgan fingerprint density at radius 2 is 2.11 bits per heavy atom. The molecule has 0 amide bonds. The summed E-state index contributed by atoms with van der Waals surface area (Å²) in [5.74, 6) is 2.04. The summed E-state index contributed by atoms with van der Waals surface area (Å²) in [6, 6.07) is 5.82. The van der Waals surface area contributed by atoms with Crippen LogP contribution in [0.3, 0.4) is 0 Å². The summed E-state index contributed by atoms with van der Waals surface area (Å²) < 4.78 is 6.00. The largest absolute Gasteiger partial charge is 0.378 e. The summed E-state index contributed by atoms with van der Waals surface area (Å²) in [6.45, 7) is 7.26. The lowest BCUT2D eigenvalue weighted by atomic mass is 9.89. The molecular weight excluding hydrogens is 340 g/mol. The Morgan fingerprint density at radius 3 is 2.78 bits per heavy atom. The number of rotatable bonds is 7. The van der Waals surface area contributed by atoms with Crippen molar-refractivity contribution in [2.45, 2.75) is 65.0 Å². The number of nitrogens with one attached hydrogen (secondary N) is 2. The van der Waals surface area contributed by atoms with Crippen molar-refractivity contribution in [2.24, 2.45) is 5.92 Å². The van der Waals surface area contributed by atoms with Gasteiger partial charge in [0.1, 0.15) is 11.6 Å². The fourth-order valence-corrected chi connectivity index (χ4v) is 3.76. The molecule has 3 heterocycles. The third-order valence-electron chi connectivity index (χ3n) is 5.44. The molecule has 146 valence electrons. The SMILES string of the molecule is CCc1cc(=O)[nH]c(-c2ccc(NC3CCOC(C(CC)CC)C3)nc2)n1. The van der Waals surface area contributed by atoms with Crippen molar-refractivity contribution < 1.29 is 4.74 Å². The molecule has 0 aliphatic carbocycles. The van der Waals surface area contributed by atoms with Gasteiger partial charge in [-0.2, -0.15) is 0 Å². The van der Waals surface area contributed by atoms with E-state index in [0.717, 1.165) is 55.8 Å². The number of aromatic nitrogens is 3. The van der Waals surface area contributed by atoms with E-state index >= 15 is 0 Å². The zero-order valence-electron chi connectivity index (χ0n) is 16.5. The second kappa shape index (κ2) is 9.13. The Bertz CT molecular complexity index is 784. The molecule has 1 aliphatic heterocycles. The summed E-state index contributed by atoms with van der Waals surface area (Å²) in [7, 11) is 0. The van der Waals surface area contributed by atoms with Gasteiger partial charge in [0.25, 0.3) is 5.56 Å². The third-order valence-corrected chi connectivity index (χ3v) is 5.44. The van der Waals surface area contributed by atoms with Crippen molar-refractivity contribution >= 4 is 5.82 Å². The van der Waals surface area contributed by atoms with Crippen LogP contribution in [0.15, 0.2) is 29.2 Å². The molecule has 1 fully saturated rings. The first-order valence-electron chi connectivity index (χ1n) is 10.1. The molecule has 0 radical (unpaired) electrons. The Kier molecular flexibility index (Phi) is 6.61. The van der Waals surface area contributed by atoms with E-state index in [1.165, 1.54) is 6.07 Å². The predicted octanol–water partition coefficient (Wildman–Crippen LogP) is 3.79. The van der Waals surface area contributed by atoms with Crippen LogP contribution < -0.4 is 10.9 Å². The number of hydrogen-bond donors (Lipinski definition) is 2. The maximum Gasteiger partial charge on any atom is 0.251 e. The molecule has 1 saturated heterocycles. The highest BCUT2D eigenvalue weighted by Gasteiger charge is 2.27. The average Bonchev–Trinajstić information content (AvgIpc) is 2.69. The molecule has 2 atom stereocenters. The van der Waals surface area contributed by atoms with Gasteiger partial charge in [-0.15, -0.1) is 0 Å². The first-order chi connectivity index (χ1) is 13.1. The van der Waals surface area contributed by atoms with E-state index in [1.807, 2.05) is 19.1 Å². The Hall–Kier alpha value is -2.21. The van der Waals surface area contributed by atoms with Crippen LogP contribution in [0.2, 0.25) is 0 Å². The van der Waals surface area contributed by atoms with E-state index in [9.17, 15) is 4.79 Å². The molecule has 2 aromatic heterocycles. The van der Waals surface area contributed by atoms with Gasteiger partial charge in [-0.25, -0.2) is 9.97 Å². The number of nitrogens with zero attached hydrogens (tertiary/aromatic N) is 2. The molecule has 2 aromatic rings. The second-order valence-electron chi connectivity index (χ2n) is 7.22. The van der Waals surface area contributed by atoms with Crippen molar-refractivity contribution in [2.75, 3.05) is 11.9 Å². The lowest BCUT2D eigenvalue weighted by molar-refractivity contribution is -0.0271. The molecule has 6 nitrogen and oxygen atoms in total. The van der Waals surface area contributed by atoms with Gasteiger partial charge in [0.15, 0.2) is 0 Å². The molecule has 0 spiro atoms. The van der Waals surface area contributed by atoms with Crippen molar-refractivity contribution in [1.82, 2.24) is 15.0 Å². The topological polar surface area (TPSA) is 79.9 Å². The van der Waals surface area contributed by atoms with Crippen molar-refractivity contribution in [3.05, 3.63) is 40.4 Å². The zero-order valence-corrected chi connectivity index (χ0v) is 16.5. The highest BCUT2D eigenvalue weighted by molar-refractivity contribution is 5.56. The molecule has 2 unspecified atom stereocenters. The van der Waals surface area contributed by atoms with Crippen LogP contribution in [-0.2, 0) is 11.2 Å². The summed E-state index contributed by atoms with van der Waals surface area (Å²) in [5.41, 5.74) is 1.47. The highest BCUT2D eigenvalue weighted by atomic mass is 16.5. The fourth-order valence-electron chi connectivity index (χ4n) is 3.76. The summed E-state index contributed by atoms with van der Waals surface area (Å²) in [5, 5.41) is 3.54. The van der Waals surface area contributed by atoms with E-state index < -0.39 is 0 Å². The van der Waals surface area contributed by atoms with E-state index in [0.29, 0.717) is 23.9 Å². The predicted molar refractivity (Wildman–Crippen MR) is 108 cm³/mol. The minimum Gasteiger partial charge on any atom is -0.378 e. The maximum absolute atomic E-state index is 11.8. The van der Waals surface area contributed by atoms with Crippen molar-refractivity contribution in [1.29, 1.82) is 0 Å². The molecule has 27 heavy (non-hydrogen) atoms. The quantitative estimate of drug-likeness (QED) is 0.775. The van der Waals surface area contributed by atoms with Crippen molar-refractivity contribution in [3.8, 4) is 11.4 Å². The normalized spacial score (nSPS) is 20.0. The molecule has 0 aromatic carbocycles. The lowest BCUT2D eigenvalue weighted by Crippen LogP contribution is -2.38. The van der Waals surface area contributed by atoms with E-state index in [2.05, 4.69) is 34.1 Å². The van der Waals surface area contributed by atoms with Gasteiger partial charge in [0.2, 0.25) is 0 Å². The van der Waals surface area contributed by atoms with Gasteiger partial charge in [-0.3, -0.25) is 4.79 Å². The lowest BCUT2D eigenvalue weighted by Gasteiger charge is -2.34. The molecule has 1 aliphatic rings. The van der Waals surface area contributed by atoms with Crippen LogP contribution >= 0.6 is 0 Å². The number of pyridine rings is 1. The van der Waals surface area contributed by atoms with Gasteiger partial charge in [0, 0.05) is 36.2 Å². The minimum atomic E-state index is -0.131. The molecule has 3 rings (SSSR count). The van der Waals surface area contributed by atoms with Crippen LogP contribution in [-0.4, -0.2) is 33.7 Å². The van der Waals surface area contributed by atoms with Gasteiger partial charge in [0.05, 0.1) is 6.10 Å². The first kappa shape index (κ1) is 19.5. The van der Waals surface area contributed by atoms with Gasteiger partial charge < -0.3 is 15.0 Å². The Balaban J connectivity index is 1.67. The van der Waals surface area contributed by atoms with Gasteiger partial charge >= 0.3 is 0 Å². The van der Waals surface area contributed by atoms with Crippen molar-refractivity contribution in [3.63, 3.8) is 0 Å². The van der Waals surface area contributed by atoms with E-state index in [4.69, 9.17) is 4.74 Å². The summed E-state index contributed by atoms with van der Waals surface area (Å²) in [6.07, 6.45) is 7.14. The molecule has 0 bridgehead atoms. The van der Waals surface area contributed by atoms with Gasteiger partial charge in [-0.05, 0) is 37.3 Å². The zero-order chi connectivity index (χ0) is 19.2. The number of aromatic amines is 1. The number of aryl methyl sites for hydroxylation is 1. The smallest absolute Gasteiger partial charge is 0.251 e.